The van der Waals surface area contributed by atoms with Crippen LogP contribution in [0.1, 0.15) is 41.5 Å². The normalized spacial score (nSPS) is 17.3. The van der Waals surface area contributed by atoms with Crippen molar-refractivity contribution in [3.63, 3.8) is 0 Å². The van der Waals surface area contributed by atoms with Gasteiger partial charge in [-0.15, -0.1) is 0 Å². The molecule has 1 radical (unpaired) electrons. The molecule has 97 valence electrons. The number of rotatable bonds is 3. The van der Waals surface area contributed by atoms with Gasteiger partial charge in [-0.3, -0.25) is 4.55 Å². The molecule has 0 heterocycles. The van der Waals surface area contributed by atoms with Crippen LogP contribution in [0.4, 0.5) is 0 Å². The van der Waals surface area contributed by atoms with Gasteiger partial charge in [0.2, 0.25) is 0 Å². The first-order chi connectivity index (χ1) is 6.81. The van der Waals surface area contributed by atoms with Crippen molar-refractivity contribution in [2.45, 2.75) is 53.0 Å². The Balaban J connectivity index is 5.53. The summed E-state index contributed by atoms with van der Waals surface area (Å²) in [5, 5.41) is 0. The van der Waals surface area contributed by atoms with Crippen molar-refractivity contribution in [2.24, 2.45) is 10.8 Å². The number of hydrogen-bond acceptors (Lipinski definition) is 2. The van der Waals surface area contributed by atoms with Crippen LogP contribution in [-0.4, -0.2) is 27.4 Å². The van der Waals surface area contributed by atoms with Crippen LogP contribution in [0.5, 0.6) is 0 Å². The predicted octanol–water partition coefficient (Wildman–Crippen LogP) is 2.08. The molecular weight excluding hydrogens is 240 g/mol. The maximum absolute atomic E-state index is 11.5. The molecule has 1 N–H and O–H groups in total. The SMILES string of the molecule is C[SiH2]C([C](C(C)(C)C)C(C)(C)C)S(=O)(=O)O. The molecule has 0 aliphatic carbocycles. The Kier molecular flexibility index (Phi) is 4.82. The van der Waals surface area contributed by atoms with Gasteiger partial charge in [0, 0.05) is 15.4 Å². The van der Waals surface area contributed by atoms with Crippen LogP contribution in [0.25, 0.3) is 0 Å². The van der Waals surface area contributed by atoms with E-state index in [0.717, 1.165) is 5.92 Å². The van der Waals surface area contributed by atoms with Crippen LogP contribution < -0.4 is 0 Å². The molecule has 3 nitrogen and oxygen atoms in total. The van der Waals surface area contributed by atoms with Crippen LogP contribution in [-0.2, 0) is 10.1 Å². The molecule has 1 unspecified atom stereocenters. The molecule has 0 saturated heterocycles. The quantitative estimate of drug-likeness (QED) is 0.628. The summed E-state index contributed by atoms with van der Waals surface area (Å²) in [6.07, 6.45) is 0. The molecule has 0 aliphatic rings. The van der Waals surface area contributed by atoms with Crippen LogP contribution in [0.3, 0.4) is 0 Å². The lowest BCUT2D eigenvalue weighted by molar-refractivity contribution is 0.275. The molecule has 0 aromatic carbocycles. The largest absolute Gasteiger partial charge is 0.286 e. The molecule has 0 aromatic rings. The number of hydrogen-bond donors (Lipinski definition) is 1. The molecule has 0 bridgehead atoms. The molecule has 5 heteroatoms. The highest BCUT2D eigenvalue weighted by Crippen LogP contribution is 2.45. The summed E-state index contributed by atoms with van der Waals surface area (Å²) in [5.41, 5.74) is -0.413. The van der Waals surface area contributed by atoms with Crippen LogP contribution in [0.2, 0.25) is 6.55 Å². The molecule has 0 amide bonds. The van der Waals surface area contributed by atoms with E-state index in [-0.39, 0.29) is 10.8 Å². The second kappa shape index (κ2) is 4.78. The summed E-state index contributed by atoms with van der Waals surface area (Å²) in [5.74, 6) is 0.941. The lowest BCUT2D eigenvalue weighted by Gasteiger charge is -2.43. The van der Waals surface area contributed by atoms with E-state index < -0.39 is 24.5 Å². The van der Waals surface area contributed by atoms with Crippen molar-refractivity contribution in [1.82, 2.24) is 0 Å². The van der Waals surface area contributed by atoms with Crippen molar-refractivity contribution >= 4 is 19.6 Å². The highest BCUT2D eigenvalue weighted by molar-refractivity contribution is 7.88. The highest BCUT2D eigenvalue weighted by atomic mass is 32.2. The summed E-state index contributed by atoms with van der Waals surface area (Å²) in [4.78, 5) is -0.632. The lowest BCUT2D eigenvalue weighted by Crippen LogP contribution is -2.45. The maximum Gasteiger partial charge on any atom is 0.265 e. The van der Waals surface area contributed by atoms with Gasteiger partial charge >= 0.3 is 0 Å². The van der Waals surface area contributed by atoms with Crippen LogP contribution in [0.15, 0.2) is 0 Å². The van der Waals surface area contributed by atoms with Gasteiger partial charge < -0.3 is 0 Å². The minimum atomic E-state index is -3.96. The fourth-order valence-corrected chi connectivity index (χ4v) is 6.98. The van der Waals surface area contributed by atoms with E-state index in [4.69, 9.17) is 0 Å². The zero-order chi connectivity index (χ0) is 13.4. The Labute approximate surface area is 103 Å². The Bertz CT molecular complexity index is 308. The summed E-state index contributed by atoms with van der Waals surface area (Å²) in [6, 6.07) is 0. The standard InChI is InChI=1S/C11H25O3SSi/c1-10(2,3)8(11(4,5)6)9(16-7)15(12,13)14/h9H,16H2,1-7H3,(H,12,13,14). The van der Waals surface area contributed by atoms with Gasteiger partial charge in [0.15, 0.2) is 0 Å². The Morgan fingerprint density at radius 3 is 1.44 bits per heavy atom. The van der Waals surface area contributed by atoms with Crippen molar-refractivity contribution < 1.29 is 13.0 Å². The molecule has 0 aromatic heterocycles. The Morgan fingerprint density at radius 1 is 1.06 bits per heavy atom. The van der Waals surface area contributed by atoms with Gasteiger partial charge in [-0.05, 0) is 10.8 Å². The van der Waals surface area contributed by atoms with Crippen molar-refractivity contribution in [2.75, 3.05) is 0 Å². The molecule has 1 atom stereocenters. The van der Waals surface area contributed by atoms with E-state index in [1.165, 1.54) is 0 Å². The second-order valence-electron chi connectivity index (χ2n) is 6.33. The first kappa shape index (κ1) is 16.1. The second-order valence-corrected chi connectivity index (χ2v) is 10.1. The van der Waals surface area contributed by atoms with E-state index >= 15 is 0 Å². The summed E-state index contributed by atoms with van der Waals surface area (Å²) < 4.78 is 32.3. The molecule has 0 rings (SSSR count). The third-order valence-electron chi connectivity index (χ3n) is 2.67. The molecule has 0 saturated carbocycles. The fraction of sp³-hybridized carbons (Fsp3) is 0.909. The lowest BCUT2D eigenvalue weighted by atomic mass is 9.67. The third kappa shape index (κ3) is 4.18. The van der Waals surface area contributed by atoms with E-state index in [2.05, 4.69) is 0 Å². The van der Waals surface area contributed by atoms with Gasteiger partial charge in [-0.2, -0.15) is 8.42 Å². The van der Waals surface area contributed by atoms with Gasteiger partial charge in [0.05, 0.1) is 4.87 Å². The first-order valence-corrected chi connectivity index (χ1v) is 9.39. The van der Waals surface area contributed by atoms with Crippen molar-refractivity contribution in [3.8, 4) is 0 Å². The fourth-order valence-electron chi connectivity index (χ4n) is 2.65. The van der Waals surface area contributed by atoms with Crippen molar-refractivity contribution in [1.29, 1.82) is 0 Å². The minimum Gasteiger partial charge on any atom is -0.286 e. The smallest absolute Gasteiger partial charge is 0.265 e. The van der Waals surface area contributed by atoms with E-state index in [0.29, 0.717) is 0 Å². The first-order valence-electron chi connectivity index (χ1n) is 5.66. The topological polar surface area (TPSA) is 54.4 Å². The van der Waals surface area contributed by atoms with Gasteiger partial charge in [0.25, 0.3) is 10.1 Å². The zero-order valence-electron chi connectivity index (χ0n) is 11.5. The van der Waals surface area contributed by atoms with Gasteiger partial charge in [0.1, 0.15) is 0 Å². The maximum atomic E-state index is 11.5. The van der Waals surface area contributed by atoms with Crippen LogP contribution >= 0.6 is 0 Å². The van der Waals surface area contributed by atoms with Gasteiger partial charge in [-0.25, -0.2) is 0 Å². The van der Waals surface area contributed by atoms with E-state index in [9.17, 15) is 13.0 Å². The monoisotopic (exact) mass is 265 g/mol. The van der Waals surface area contributed by atoms with E-state index in [1.54, 1.807) is 0 Å². The predicted molar refractivity (Wildman–Crippen MR) is 71.9 cm³/mol. The average Bonchev–Trinajstić information content (AvgIpc) is 1.91. The van der Waals surface area contributed by atoms with E-state index in [1.807, 2.05) is 48.1 Å². The zero-order valence-corrected chi connectivity index (χ0v) is 13.7. The van der Waals surface area contributed by atoms with Gasteiger partial charge in [-0.1, -0.05) is 48.1 Å². The highest BCUT2D eigenvalue weighted by Gasteiger charge is 2.45. The van der Waals surface area contributed by atoms with Crippen LogP contribution in [0, 0.1) is 16.7 Å². The molecular formula is C11H25O3SSi. The molecule has 0 aliphatic heterocycles. The molecule has 0 spiro atoms. The third-order valence-corrected chi connectivity index (χ3v) is 7.04. The molecule has 16 heavy (non-hydrogen) atoms. The summed E-state index contributed by atoms with van der Waals surface area (Å²) >= 11 is 0. The summed E-state index contributed by atoms with van der Waals surface area (Å²) in [6.45, 7) is 14.0. The summed E-state index contributed by atoms with van der Waals surface area (Å²) in [7, 11) is -4.81. The Morgan fingerprint density at radius 2 is 1.38 bits per heavy atom. The average molecular weight is 265 g/mol. The minimum absolute atomic E-state index is 0.207. The Hall–Kier alpha value is 0.127. The van der Waals surface area contributed by atoms with Crippen molar-refractivity contribution in [3.05, 3.63) is 5.92 Å². The molecule has 0 fully saturated rings.